The van der Waals surface area contributed by atoms with E-state index in [4.69, 9.17) is 27.9 Å². The van der Waals surface area contributed by atoms with Gasteiger partial charge in [-0.05, 0) is 55.8 Å². The molecule has 0 radical (unpaired) electrons. The molecule has 6 heteroatoms. The first-order valence-electron chi connectivity index (χ1n) is 7.78. The number of nitrogens with zero attached hydrogens (tertiary/aromatic N) is 1. The minimum absolute atomic E-state index is 0.284. The number of ether oxygens (including phenoxy) is 1. The monoisotopic (exact) mass is 374 g/mol. The zero-order valence-electron chi connectivity index (χ0n) is 13.8. The number of nitrogens with one attached hydrogen (secondary N) is 1. The maximum Gasteiger partial charge on any atom is 0.341 e. The van der Waals surface area contributed by atoms with Crippen LogP contribution in [0.4, 0.5) is 11.4 Å². The van der Waals surface area contributed by atoms with Crippen LogP contribution >= 0.6 is 23.2 Å². The predicted octanol–water partition coefficient (Wildman–Crippen LogP) is 5.77. The fraction of sp³-hybridized carbons (Fsp3) is 0.158. The molecule has 0 unspecified atom stereocenters. The first kappa shape index (κ1) is 17.5. The number of aryl methyl sites for hydroxylation is 1. The van der Waals surface area contributed by atoms with Gasteiger partial charge in [-0.15, -0.1) is 0 Å². The molecule has 1 N–H and O–H groups in total. The van der Waals surface area contributed by atoms with E-state index in [-0.39, 0.29) is 6.61 Å². The van der Waals surface area contributed by atoms with Gasteiger partial charge in [-0.25, -0.2) is 4.79 Å². The van der Waals surface area contributed by atoms with Crippen molar-refractivity contribution in [2.75, 3.05) is 11.9 Å². The molecule has 0 atom stereocenters. The van der Waals surface area contributed by atoms with E-state index in [0.717, 1.165) is 22.2 Å². The number of carbonyl (C=O) groups excluding carboxylic acids is 1. The normalized spacial score (nSPS) is 10.7. The largest absolute Gasteiger partial charge is 0.462 e. The topological polar surface area (TPSA) is 51.2 Å². The average molecular weight is 375 g/mol. The Hall–Kier alpha value is -2.30. The number of aromatic nitrogens is 1. The minimum Gasteiger partial charge on any atom is -0.462 e. The maximum absolute atomic E-state index is 12.4. The van der Waals surface area contributed by atoms with Crippen molar-refractivity contribution in [3.05, 3.63) is 63.8 Å². The minimum atomic E-state index is -0.439. The van der Waals surface area contributed by atoms with Gasteiger partial charge in [-0.2, -0.15) is 0 Å². The smallest absolute Gasteiger partial charge is 0.341 e. The van der Waals surface area contributed by atoms with Crippen molar-refractivity contribution in [3.8, 4) is 0 Å². The summed E-state index contributed by atoms with van der Waals surface area (Å²) in [5.41, 5.74) is 3.45. The van der Waals surface area contributed by atoms with E-state index in [1.165, 1.54) is 6.20 Å². The molecule has 1 heterocycles. The van der Waals surface area contributed by atoms with E-state index in [1.54, 1.807) is 25.1 Å². The van der Waals surface area contributed by atoms with Gasteiger partial charge >= 0.3 is 5.97 Å². The summed E-state index contributed by atoms with van der Waals surface area (Å²) in [6, 6.07) is 10.8. The zero-order chi connectivity index (χ0) is 18.0. The molecule has 3 aromatic rings. The Morgan fingerprint density at radius 2 is 1.88 bits per heavy atom. The number of pyridine rings is 1. The molecule has 0 aliphatic carbocycles. The van der Waals surface area contributed by atoms with Crippen molar-refractivity contribution < 1.29 is 9.53 Å². The van der Waals surface area contributed by atoms with Crippen LogP contribution in [0.2, 0.25) is 10.0 Å². The van der Waals surface area contributed by atoms with Crippen molar-refractivity contribution in [2.24, 2.45) is 0 Å². The summed E-state index contributed by atoms with van der Waals surface area (Å²) in [7, 11) is 0. The van der Waals surface area contributed by atoms with Gasteiger partial charge in [0.1, 0.15) is 5.56 Å². The molecular formula is C19H16Cl2N2O2. The van der Waals surface area contributed by atoms with Crippen molar-refractivity contribution in [1.29, 1.82) is 0 Å². The van der Waals surface area contributed by atoms with Gasteiger partial charge < -0.3 is 10.1 Å². The van der Waals surface area contributed by atoms with Crippen LogP contribution in [-0.2, 0) is 4.74 Å². The molecule has 4 nitrogen and oxygen atoms in total. The van der Waals surface area contributed by atoms with Crippen LogP contribution in [-0.4, -0.2) is 17.6 Å². The number of anilines is 2. The van der Waals surface area contributed by atoms with Gasteiger partial charge in [0.05, 0.1) is 17.8 Å². The highest BCUT2D eigenvalue weighted by Crippen LogP contribution is 2.33. The Morgan fingerprint density at radius 1 is 1.16 bits per heavy atom. The van der Waals surface area contributed by atoms with Crippen LogP contribution in [0.5, 0.6) is 0 Å². The van der Waals surface area contributed by atoms with Crippen LogP contribution in [0.3, 0.4) is 0 Å². The highest BCUT2D eigenvalue weighted by molar-refractivity contribution is 6.32. The van der Waals surface area contributed by atoms with Crippen LogP contribution < -0.4 is 5.32 Å². The molecule has 0 fully saturated rings. The molecule has 0 bridgehead atoms. The van der Waals surface area contributed by atoms with Gasteiger partial charge in [0.15, 0.2) is 0 Å². The van der Waals surface area contributed by atoms with Gasteiger partial charge in [-0.1, -0.05) is 23.2 Å². The number of esters is 1. The van der Waals surface area contributed by atoms with Gasteiger partial charge in [0.25, 0.3) is 0 Å². The molecule has 0 aliphatic rings. The number of hydrogen-bond donors (Lipinski definition) is 1. The predicted molar refractivity (Wildman–Crippen MR) is 102 cm³/mol. The summed E-state index contributed by atoms with van der Waals surface area (Å²) in [6.07, 6.45) is 1.53. The number of rotatable bonds is 4. The molecule has 0 amide bonds. The second-order valence-corrected chi connectivity index (χ2v) is 6.39. The molecule has 1 aromatic heterocycles. The molecule has 0 saturated carbocycles. The molecule has 2 aromatic carbocycles. The third-order valence-electron chi connectivity index (χ3n) is 3.74. The Balaban J connectivity index is 2.21. The first-order valence-corrected chi connectivity index (χ1v) is 8.53. The Bertz CT molecular complexity index is 940. The number of halogens is 2. The molecule has 128 valence electrons. The van der Waals surface area contributed by atoms with E-state index >= 15 is 0 Å². The molecular weight excluding hydrogens is 359 g/mol. The lowest BCUT2D eigenvalue weighted by Gasteiger charge is -2.15. The van der Waals surface area contributed by atoms with Gasteiger partial charge in [0, 0.05) is 27.3 Å². The molecule has 0 aliphatic heterocycles. The Kier molecular flexibility index (Phi) is 5.11. The average Bonchev–Trinajstić information content (AvgIpc) is 2.57. The van der Waals surface area contributed by atoms with Crippen LogP contribution in [0.25, 0.3) is 10.9 Å². The molecule has 0 spiro atoms. The fourth-order valence-electron chi connectivity index (χ4n) is 2.61. The number of fused-ring (bicyclic) bond motifs is 1. The van der Waals surface area contributed by atoms with Crippen molar-refractivity contribution in [3.63, 3.8) is 0 Å². The third kappa shape index (κ3) is 3.70. The van der Waals surface area contributed by atoms with E-state index in [2.05, 4.69) is 10.3 Å². The summed E-state index contributed by atoms with van der Waals surface area (Å²) in [5, 5.41) is 5.24. The molecule has 3 rings (SSSR count). The van der Waals surface area contributed by atoms with Gasteiger partial charge in [-0.3, -0.25) is 4.98 Å². The van der Waals surface area contributed by atoms with Crippen LogP contribution in [0.15, 0.2) is 42.6 Å². The summed E-state index contributed by atoms with van der Waals surface area (Å²) in [4.78, 5) is 16.8. The second-order valence-electron chi connectivity index (χ2n) is 5.52. The number of hydrogen-bond acceptors (Lipinski definition) is 4. The van der Waals surface area contributed by atoms with Crippen molar-refractivity contribution in [2.45, 2.75) is 13.8 Å². The molecule has 25 heavy (non-hydrogen) atoms. The summed E-state index contributed by atoms with van der Waals surface area (Å²) in [5.74, 6) is -0.439. The number of carbonyl (C=O) groups is 1. The third-order valence-corrected chi connectivity index (χ3v) is 4.21. The molecule has 0 saturated heterocycles. The second kappa shape index (κ2) is 7.30. The highest BCUT2D eigenvalue weighted by atomic mass is 35.5. The Labute approximate surface area is 155 Å². The van der Waals surface area contributed by atoms with Crippen molar-refractivity contribution >= 4 is 51.4 Å². The van der Waals surface area contributed by atoms with Crippen LogP contribution in [0.1, 0.15) is 22.8 Å². The zero-order valence-corrected chi connectivity index (χ0v) is 15.3. The Morgan fingerprint density at radius 3 is 2.56 bits per heavy atom. The van der Waals surface area contributed by atoms with E-state index in [1.807, 2.05) is 25.1 Å². The summed E-state index contributed by atoms with van der Waals surface area (Å²) < 4.78 is 5.16. The SMILES string of the molecule is CCOC(=O)c1cnc2c(C)cc(Cl)cc2c1Nc1ccc(Cl)cc1. The standard InChI is InChI=1S/C19H16Cl2N2O2/c1-3-25-19(24)16-10-22-17-11(2)8-13(21)9-15(17)18(16)23-14-6-4-12(20)5-7-14/h4-10H,3H2,1-2H3,(H,22,23). The lowest BCUT2D eigenvalue weighted by Crippen LogP contribution is -2.09. The van der Waals surface area contributed by atoms with Crippen LogP contribution in [0, 0.1) is 6.92 Å². The van der Waals surface area contributed by atoms with E-state index < -0.39 is 5.97 Å². The number of benzene rings is 2. The fourth-order valence-corrected chi connectivity index (χ4v) is 3.01. The maximum atomic E-state index is 12.4. The lowest BCUT2D eigenvalue weighted by atomic mass is 10.1. The van der Waals surface area contributed by atoms with Crippen molar-refractivity contribution in [1.82, 2.24) is 4.98 Å². The first-order chi connectivity index (χ1) is 12.0. The summed E-state index contributed by atoms with van der Waals surface area (Å²) in [6.45, 7) is 3.98. The lowest BCUT2D eigenvalue weighted by molar-refractivity contribution is 0.0527. The highest BCUT2D eigenvalue weighted by Gasteiger charge is 2.18. The van der Waals surface area contributed by atoms with Gasteiger partial charge in [0.2, 0.25) is 0 Å². The van der Waals surface area contributed by atoms with E-state index in [0.29, 0.717) is 21.3 Å². The van der Waals surface area contributed by atoms with E-state index in [9.17, 15) is 4.79 Å². The quantitative estimate of drug-likeness (QED) is 0.588. The summed E-state index contributed by atoms with van der Waals surface area (Å²) >= 11 is 12.2.